The Hall–Kier alpha value is -1.65. The normalized spacial score (nSPS) is 20.9. The number of rotatable bonds is 2. The van der Waals surface area contributed by atoms with Crippen LogP contribution in [0.5, 0.6) is 11.5 Å². The summed E-state index contributed by atoms with van der Waals surface area (Å²) in [5.41, 5.74) is 8.83. The average molecular weight is 299 g/mol. The molecule has 0 aromatic heterocycles. The van der Waals surface area contributed by atoms with Crippen molar-refractivity contribution in [3.63, 3.8) is 0 Å². The molecule has 0 radical (unpaired) electrons. The fraction of sp³-hybridized carbons (Fsp3) is 0.294. The van der Waals surface area contributed by atoms with Gasteiger partial charge >= 0.3 is 0 Å². The van der Waals surface area contributed by atoms with Crippen LogP contribution in [-0.4, -0.2) is 18.5 Å². The SMILES string of the molecule is NC(c1ccc2c(c1)CCO2)C1CSc2ccccc2O1. The molecule has 0 saturated heterocycles. The van der Waals surface area contributed by atoms with Crippen LogP contribution >= 0.6 is 11.8 Å². The smallest absolute Gasteiger partial charge is 0.133 e. The summed E-state index contributed by atoms with van der Waals surface area (Å²) in [6.07, 6.45) is 0.976. The molecular weight excluding hydrogens is 282 g/mol. The highest BCUT2D eigenvalue weighted by molar-refractivity contribution is 7.99. The molecule has 2 aliphatic heterocycles. The summed E-state index contributed by atoms with van der Waals surface area (Å²) in [6.45, 7) is 0.775. The van der Waals surface area contributed by atoms with E-state index in [9.17, 15) is 0 Å². The van der Waals surface area contributed by atoms with Crippen molar-refractivity contribution in [3.05, 3.63) is 53.6 Å². The van der Waals surface area contributed by atoms with Crippen LogP contribution in [0.25, 0.3) is 0 Å². The van der Waals surface area contributed by atoms with Gasteiger partial charge in [0.1, 0.15) is 17.6 Å². The number of thioether (sulfide) groups is 1. The molecule has 4 heteroatoms. The van der Waals surface area contributed by atoms with Gasteiger partial charge in [0.05, 0.1) is 12.6 Å². The zero-order valence-corrected chi connectivity index (χ0v) is 12.4. The van der Waals surface area contributed by atoms with Gasteiger partial charge in [-0.05, 0) is 29.3 Å². The maximum Gasteiger partial charge on any atom is 0.133 e. The van der Waals surface area contributed by atoms with Crippen molar-refractivity contribution >= 4 is 11.8 Å². The van der Waals surface area contributed by atoms with E-state index in [1.54, 1.807) is 0 Å². The van der Waals surface area contributed by atoms with Crippen LogP contribution < -0.4 is 15.2 Å². The van der Waals surface area contributed by atoms with Crippen LogP contribution in [0, 0.1) is 0 Å². The molecule has 2 aromatic carbocycles. The minimum absolute atomic E-state index is 0.00488. The number of para-hydroxylation sites is 1. The number of nitrogens with two attached hydrogens (primary N) is 1. The van der Waals surface area contributed by atoms with Gasteiger partial charge in [-0.1, -0.05) is 24.3 Å². The van der Waals surface area contributed by atoms with Crippen LogP contribution in [0.1, 0.15) is 17.2 Å². The molecule has 108 valence electrons. The van der Waals surface area contributed by atoms with Crippen molar-refractivity contribution in [2.24, 2.45) is 5.73 Å². The largest absolute Gasteiger partial charge is 0.493 e. The lowest BCUT2D eigenvalue weighted by Crippen LogP contribution is -2.35. The predicted octanol–water partition coefficient (Wildman–Crippen LogP) is 3.17. The predicted molar refractivity (Wildman–Crippen MR) is 84.2 cm³/mol. The third-order valence-corrected chi connectivity index (χ3v) is 5.17. The molecule has 0 amide bonds. The Labute approximate surface area is 128 Å². The van der Waals surface area contributed by atoms with Crippen LogP contribution in [0.2, 0.25) is 0 Å². The fourth-order valence-corrected chi connectivity index (χ4v) is 3.89. The third-order valence-electron chi connectivity index (χ3n) is 4.03. The van der Waals surface area contributed by atoms with Gasteiger partial charge in [-0.25, -0.2) is 0 Å². The summed E-state index contributed by atoms with van der Waals surface area (Å²) in [6, 6.07) is 14.3. The minimum atomic E-state index is -0.114. The zero-order chi connectivity index (χ0) is 14.2. The molecule has 2 N–H and O–H groups in total. The zero-order valence-electron chi connectivity index (χ0n) is 11.6. The van der Waals surface area contributed by atoms with Crippen LogP contribution in [-0.2, 0) is 6.42 Å². The van der Waals surface area contributed by atoms with Crippen molar-refractivity contribution in [1.29, 1.82) is 0 Å². The molecule has 0 aliphatic carbocycles. The second-order valence-corrected chi connectivity index (χ2v) is 6.47. The lowest BCUT2D eigenvalue weighted by Gasteiger charge is -2.30. The Morgan fingerprint density at radius 3 is 3.00 bits per heavy atom. The summed E-state index contributed by atoms with van der Waals surface area (Å²) in [5, 5.41) is 0. The van der Waals surface area contributed by atoms with Gasteiger partial charge < -0.3 is 15.2 Å². The molecule has 3 nitrogen and oxygen atoms in total. The Morgan fingerprint density at radius 2 is 2.05 bits per heavy atom. The van der Waals surface area contributed by atoms with Gasteiger partial charge in [0.25, 0.3) is 0 Å². The number of fused-ring (bicyclic) bond motifs is 2. The Kier molecular flexibility index (Phi) is 3.28. The molecule has 21 heavy (non-hydrogen) atoms. The van der Waals surface area contributed by atoms with Crippen molar-refractivity contribution in [2.45, 2.75) is 23.5 Å². The first-order valence-electron chi connectivity index (χ1n) is 7.21. The Morgan fingerprint density at radius 1 is 1.14 bits per heavy atom. The average Bonchev–Trinajstić information content (AvgIpc) is 3.01. The first-order valence-corrected chi connectivity index (χ1v) is 8.19. The molecule has 0 spiro atoms. The molecule has 0 bridgehead atoms. The summed E-state index contributed by atoms with van der Waals surface area (Å²) < 4.78 is 11.6. The van der Waals surface area contributed by atoms with Crippen molar-refractivity contribution in [1.82, 2.24) is 0 Å². The van der Waals surface area contributed by atoms with E-state index in [2.05, 4.69) is 18.2 Å². The fourth-order valence-electron chi connectivity index (χ4n) is 2.84. The molecular formula is C17H17NO2S. The first kappa shape index (κ1) is 13.0. The highest BCUT2D eigenvalue weighted by Crippen LogP contribution is 2.38. The maximum absolute atomic E-state index is 6.44. The van der Waals surface area contributed by atoms with Gasteiger partial charge in [0.15, 0.2) is 0 Å². The highest BCUT2D eigenvalue weighted by Gasteiger charge is 2.27. The third kappa shape index (κ3) is 2.39. The van der Waals surface area contributed by atoms with E-state index in [0.717, 1.165) is 35.8 Å². The van der Waals surface area contributed by atoms with E-state index in [0.29, 0.717) is 0 Å². The van der Waals surface area contributed by atoms with Gasteiger partial charge in [-0.2, -0.15) is 0 Å². The van der Waals surface area contributed by atoms with Crippen molar-refractivity contribution in [2.75, 3.05) is 12.4 Å². The van der Waals surface area contributed by atoms with Crippen molar-refractivity contribution in [3.8, 4) is 11.5 Å². The quantitative estimate of drug-likeness (QED) is 0.925. The van der Waals surface area contributed by atoms with E-state index in [1.807, 2.05) is 36.0 Å². The molecule has 2 aliphatic rings. The van der Waals surface area contributed by atoms with E-state index in [-0.39, 0.29) is 12.1 Å². The molecule has 0 fully saturated rings. The van der Waals surface area contributed by atoms with Gasteiger partial charge in [0, 0.05) is 17.1 Å². The summed E-state index contributed by atoms with van der Waals surface area (Å²) in [5.74, 6) is 2.82. The summed E-state index contributed by atoms with van der Waals surface area (Å²) >= 11 is 1.82. The van der Waals surface area contributed by atoms with Crippen LogP contribution in [0.3, 0.4) is 0 Å². The topological polar surface area (TPSA) is 44.5 Å². The van der Waals surface area contributed by atoms with Gasteiger partial charge in [0.2, 0.25) is 0 Å². The van der Waals surface area contributed by atoms with E-state index in [4.69, 9.17) is 15.2 Å². The molecule has 2 unspecified atom stereocenters. The lowest BCUT2D eigenvalue weighted by atomic mass is 9.99. The number of hydrogen-bond acceptors (Lipinski definition) is 4. The standard InChI is InChI=1S/C17H17NO2S/c18-17(12-5-6-13-11(9-12)7-8-19-13)15-10-21-16-4-2-1-3-14(16)20-15/h1-6,9,15,17H,7-8,10,18H2. The second kappa shape index (κ2) is 5.28. The first-order chi connectivity index (χ1) is 10.3. The summed E-state index contributed by atoms with van der Waals surface area (Å²) in [4.78, 5) is 1.20. The van der Waals surface area contributed by atoms with E-state index in [1.165, 1.54) is 10.5 Å². The van der Waals surface area contributed by atoms with E-state index >= 15 is 0 Å². The maximum atomic E-state index is 6.44. The molecule has 4 rings (SSSR count). The van der Waals surface area contributed by atoms with Crippen LogP contribution in [0.4, 0.5) is 0 Å². The van der Waals surface area contributed by atoms with Crippen LogP contribution in [0.15, 0.2) is 47.4 Å². The highest BCUT2D eigenvalue weighted by atomic mass is 32.2. The lowest BCUT2D eigenvalue weighted by molar-refractivity contribution is 0.185. The molecule has 0 saturated carbocycles. The Bertz CT molecular complexity index is 674. The van der Waals surface area contributed by atoms with Gasteiger partial charge in [-0.15, -0.1) is 11.8 Å². The summed E-state index contributed by atoms with van der Waals surface area (Å²) in [7, 11) is 0. The number of benzene rings is 2. The van der Waals surface area contributed by atoms with Gasteiger partial charge in [-0.3, -0.25) is 0 Å². The second-order valence-electron chi connectivity index (χ2n) is 5.41. The number of ether oxygens (including phenoxy) is 2. The monoisotopic (exact) mass is 299 g/mol. The minimum Gasteiger partial charge on any atom is -0.493 e. The van der Waals surface area contributed by atoms with Crippen molar-refractivity contribution < 1.29 is 9.47 Å². The van der Waals surface area contributed by atoms with E-state index < -0.39 is 0 Å². The molecule has 2 heterocycles. The Balaban J connectivity index is 1.57. The molecule has 2 atom stereocenters. The number of hydrogen-bond donors (Lipinski definition) is 1. The molecule has 2 aromatic rings.